The largest absolute Gasteiger partial charge is 0.489 e. The van der Waals surface area contributed by atoms with E-state index in [2.05, 4.69) is 65.6 Å². The highest BCUT2D eigenvalue weighted by Crippen LogP contribution is 2.43. The van der Waals surface area contributed by atoms with Crippen LogP contribution in [-0.4, -0.2) is 35.2 Å². The zero-order chi connectivity index (χ0) is 22.0. The van der Waals surface area contributed by atoms with Crippen LogP contribution in [0.2, 0.25) is 0 Å². The summed E-state index contributed by atoms with van der Waals surface area (Å²) in [7, 11) is -1.45. The van der Waals surface area contributed by atoms with Gasteiger partial charge in [-0.25, -0.2) is 0 Å². The molecule has 0 atom stereocenters. The van der Waals surface area contributed by atoms with Crippen molar-refractivity contribution in [2.24, 2.45) is 0 Å². The van der Waals surface area contributed by atoms with E-state index in [-0.39, 0.29) is 5.41 Å². The Morgan fingerprint density at radius 1 is 0.844 bits per heavy atom. The van der Waals surface area contributed by atoms with E-state index in [1.54, 1.807) is 24.3 Å². The molecule has 1 heterocycles. The summed E-state index contributed by atoms with van der Waals surface area (Å²) in [4.78, 5) is 2.56. The number of benzene rings is 3. The van der Waals surface area contributed by atoms with Crippen LogP contribution in [0.4, 0.5) is 0 Å². The van der Waals surface area contributed by atoms with Crippen molar-refractivity contribution in [2.75, 3.05) is 13.1 Å². The van der Waals surface area contributed by atoms with Crippen LogP contribution in [0.1, 0.15) is 35.1 Å². The van der Waals surface area contributed by atoms with E-state index >= 15 is 0 Å². The van der Waals surface area contributed by atoms with Gasteiger partial charge in [0.05, 0.1) is 0 Å². The second-order valence-corrected chi connectivity index (χ2v) is 8.90. The molecule has 3 aromatic rings. The molecule has 4 nitrogen and oxygen atoms in total. The summed E-state index contributed by atoms with van der Waals surface area (Å²) in [5, 5.41) is 18.3. The molecule has 5 heteroatoms. The highest BCUT2D eigenvalue weighted by atomic mass is 16.5. The minimum absolute atomic E-state index is 0.238. The molecule has 1 saturated heterocycles. The lowest BCUT2D eigenvalue weighted by Crippen LogP contribution is -2.40. The molecule has 0 amide bonds. The van der Waals surface area contributed by atoms with Crippen molar-refractivity contribution in [3.05, 3.63) is 101 Å². The number of hydrogen-bond donors (Lipinski definition) is 2. The highest BCUT2D eigenvalue weighted by Gasteiger charge is 2.37. The Labute approximate surface area is 189 Å². The van der Waals surface area contributed by atoms with E-state index in [4.69, 9.17) is 14.8 Å². The summed E-state index contributed by atoms with van der Waals surface area (Å²) in [5.41, 5.74) is 6.03. The van der Waals surface area contributed by atoms with E-state index in [1.807, 2.05) is 0 Å². The molecule has 2 N–H and O–H groups in total. The third-order valence-electron chi connectivity index (χ3n) is 6.84. The fourth-order valence-corrected chi connectivity index (χ4v) is 4.88. The smallest absolute Gasteiger partial charge is 0.488 e. The summed E-state index contributed by atoms with van der Waals surface area (Å²) in [6, 6.07) is 24.3. The topological polar surface area (TPSA) is 52.9 Å². The lowest BCUT2D eigenvalue weighted by Gasteiger charge is -2.39. The van der Waals surface area contributed by atoms with E-state index < -0.39 is 7.12 Å². The Hall–Kier alpha value is -2.86. The Morgan fingerprint density at radius 2 is 1.53 bits per heavy atom. The van der Waals surface area contributed by atoms with Crippen LogP contribution < -0.4 is 10.2 Å². The van der Waals surface area contributed by atoms with Crippen molar-refractivity contribution >= 4 is 18.7 Å². The molecule has 1 spiro atoms. The molecular weight excluding hydrogens is 397 g/mol. The molecule has 32 heavy (non-hydrogen) atoms. The fourth-order valence-electron chi connectivity index (χ4n) is 4.88. The first-order chi connectivity index (χ1) is 15.6. The van der Waals surface area contributed by atoms with E-state index in [1.165, 1.54) is 29.5 Å². The molecule has 0 radical (unpaired) electrons. The summed E-state index contributed by atoms with van der Waals surface area (Å²) >= 11 is 0. The lowest BCUT2D eigenvalue weighted by molar-refractivity contribution is 0.177. The highest BCUT2D eigenvalue weighted by molar-refractivity contribution is 6.58. The van der Waals surface area contributed by atoms with E-state index in [0.29, 0.717) is 17.8 Å². The maximum Gasteiger partial charge on any atom is 0.488 e. The third kappa shape index (κ3) is 4.37. The van der Waals surface area contributed by atoms with Crippen LogP contribution in [-0.2, 0) is 18.6 Å². The first-order valence-electron chi connectivity index (χ1n) is 11.3. The zero-order valence-electron chi connectivity index (χ0n) is 18.2. The number of piperidine rings is 1. The van der Waals surface area contributed by atoms with Crippen molar-refractivity contribution in [1.82, 2.24) is 4.90 Å². The van der Waals surface area contributed by atoms with E-state index in [9.17, 15) is 0 Å². The summed E-state index contributed by atoms with van der Waals surface area (Å²) in [5.74, 6) is 0.711. The molecule has 5 rings (SSSR count). The second-order valence-electron chi connectivity index (χ2n) is 8.90. The molecule has 2 aliphatic rings. The average Bonchev–Trinajstić information content (AvgIpc) is 3.19. The molecule has 0 saturated carbocycles. The van der Waals surface area contributed by atoms with Gasteiger partial charge in [0.25, 0.3) is 0 Å². The third-order valence-corrected chi connectivity index (χ3v) is 6.84. The number of ether oxygens (including phenoxy) is 1. The minimum Gasteiger partial charge on any atom is -0.489 e. The second kappa shape index (κ2) is 8.95. The molecule has 3 aromatic carbocycles. The van der Waals surface area contributed by atoms with Gasteiger partial charge in [0.1, 0.15) is 12.4 Å². The molecule has 0 unspecified atom stereocenters. The van der Waals surface area contributed by atoms with Gasteiger partial charge in [-0.05, 0) is 65.8 Å². The number of allylic oxidation sites excluding steroid dienone is 1. The van der Waals surface area contributed by atoms with Gasteiger partial charge in [0, 0.05) is 12.0 Å². The first kappa shape index (κ1) is 21.0. The van der Waals surface area contributed by atoms with Gasteiger partial charge in [-0.1, -0.05) is 72.8 Å². The Bertz CT molecular complexity index is 1080. The van der Waals surface area contributed by atoms with Crippen LogP contribution in [0.25, 0.3) is 6.08 Å². The number of fused-ring (bicyclic) bond motifs is 2. The number of nitrogens with zero attached hydrogens (tertiary/aromatic N) is 1. The van der Waals surface area contributed by atoms with Crippen molar-refractivity contribution < 1.29 is 14.8 Å². The normalized spacial score (nSPS) is 16.8. The average molecular weight is 425 g/mol. The first-order valence-corrected chi connectivity index (χ1v) is 11.3. The van der Waals surface area contributed by atoms with Gasteiger partial charge in [-0.15, -0.1) is 0 Å². The minimum atomic E-state index is -1.45. The predicted molar refractivity (Wildman–Crippen MR) is 129 cm³/mol. The monoisotopic (exact) mass is 425 g/mol. The van der Waals surface area contributed by atoms with Gasteiger partial charge in [0.15, 0.2) is 0 Å². The summed E-state index contributed by atoms with van der Waals surface area (Å²) < 4.78 is 5.82. The molecule has 1 aliphatic heterocycles. The number of likely N-dealkylation sites (tertiary alicyclic amines) is 1. The van der Waals surface area contributed by atoms with Gasteiger partial charge in [0.2, 0.25) is 0 Å². The molecule has 1 fully saturated rings. The standard InChI is InChI=1S/C27H28BNO3/c30-28(31)24-9-11-25(12-10-24)32-20-22-7-5-21(6-8-22)19-29-17-15-27(16-18-29)14-13-23-3-1-2-4-26(23)27/h1-14,30-31H,15-20H2. The molecule has 0 bridgehead atoms. The summed E-state index contributed by atoms with van der Waals surface area (Å²) in [6.45, 7) is 3.69. The van der Waals surface area contributed by atoms with Crippen LogP contribution in [0.3, 0.4) is 0 Å². The maximum atomic E-state index is 9.17. The Balaban J connectivity index is 1.13. The van der Waals surface area contributed by atoms with Gasteiger partial charge < -0.3 is 14.8 Å². The quantitative estimate of drug-likeness (QED) is 0.594. The van der Waals surface area contributed by atoms with Gasteiger partial charge in [-0.2, -0.15) is 0 Å². The number of rotatable bonds is 6. The molecule has 0 aromatic heterocycles. The SMILES string of the molecule is OB(O)c1ccc(OCc2ccc(CN3CCC4(C=Cc5ccccc54)CC3)cc2)cc1. The zero-order valence-corrected chi connectivity index (χ0v) is 18.2. The fraction of sp³-hybridized carbons (Fsp3) is 0.259. The van der Waals surface area contributed by atoms with Crippen LogP contribution in [0.15, 0.2) is 78.9 Å². The van der Waals surface area contributed by atoms with Gasteiger partial charge >= 0.3 is 7.12 Å². The molecule has 162 valence electrons. The van der Waals surface area contributed by atoms with Crippen molar-refractivity contribution in [3.63, 3.8) is 0 Å². The van der Waals surface area contributed by atoms with Gasteiger partial charge in [-0.3, -0.25) is 4.90 Å². The van der Waals surface area contributed by atoms with Crippen LogP contribution in [0, 0.1) is 0 Å². The Kier molecular flexibility index (Phi) is 5.88. The molecular formula is C27H28BNO3. The maximum absolute atomic E-state index is 9.17. The van der Waals surface area contributed by atoms with Crippen LogP contribution >= 0.6 is 0 Å². The Morgan fingerprint density at radius 3 is 2.25 bits per heavy atom. The van der Waals surface area contributed by atoms with Crippen molar-refractivity contribution in [3.8, 4) is 5.75 Å². The van der Waals surface area contributed by atoms with Crippen molar-refractivity contribution in [2.45, 2.75) is 31.4 Å². The molecule has 1 aliphatic carbocycles. The number of hydrogen-bond acceptors (Lipinski definition) is 4. The van der Waals surface area contributed by atoms with Crippen LogP contribution in [0.5, 0.6) is 5.75 Å². The lowest BCUT2D eigenvalue weighted by atomic mass is 9.74. The summed E-state index contributed by atoms with van der Waals surface area (Å²) in [6.07, 6.45) is 7.09. The predicted octanol–water partition coefficient (Wildman–Crippen LogP) is 3.51. The van der Waals surface area contributed by atoms with Crippen molar-refractivity contribution in [1.29, 1.82) is 0 Å². The van der Waals surface area contributed by atoms with E-state index in [0.717, 1.165) is 25.2 Å².